The van der Waals surface area contributed by atoms with E-state index in [0.717, 1.165) is 29.4 Å². The molecule has 0 bridgehead atoms. The van der Waals surface area contributed by atoms with Crippen molar-refractivity contribution in [3.05, 3.63) is 34.3 Å². The Hall–Kier alpha value is -0.870. The van der Waals surface area contributed by atoms with Gasteiger partial charge in [0.25, 0.3) is 0 Å². The third-order valence-corrected chi connectivity index (χ3v) is 4.74. The van der Waals surface area contributed by atoms with Crippen molar-refractivity contribution < 1.29 is 9.90 Å². The zero-order valence-electron chi connectivity index (χ0n) is 11.4. The molecule has 0 aliphatic carbocycles. The first kappa shape index (κ1) is 14.5. The Morgan fingerprint density at radius 2 is 2.16 bits per heavy atom. The Morgan fingerprint density at radius 3 is 2.84 bits per heavy atom. The Kier molecular flexibility index (Phi) is 4.31. The number of nitrogens with zero attached hydrogens (tertiary/aromatic N) is 1. The SMILES string of the molecule is CC1(C)C(O)CCCN1C(=O)Cc1ccccc1Br. The van der Waals surface area contributed by atoms with Crippen LogP contribution in [0.3, 0.4) is 0 Å². The van der Waals surface area contributed by atoms with Crippen LogP contribution in [0.25, 0.3) is 0 Å². The zero-order chi connectivity index (χ0) is 14.0. The molecule has 0 spiro atoms. The lowest BCUT2D eigenvalue weighted by Crippen LogP contribution is -2.58. The van der Waals surface area contributed by atoms with Crippen LogP contribution in [0, 0.1) is 0 Å². The van der Waals surface area contributed by atoms with Gasteiger partial charge >= 0.3 is 0 Å². The molecule has 1 amide bonds. The number of aliphatic hydroxyl groups is 1. The van der Waals surface area contributed by atoms with Crippen LogP contribution in [0.5, 0.6) is 0 Å². The summed E-state index contributed by atoms with van der Waals surface area (Å²) >= 11 is 3.47. The normalized spacial score (nSPS) is 22.3. The maximum atomic E-state index is 12.5. The molecule has 1 heterocycles. The lowest BCUT2D eigenvalue weighted by molar-refractivity contribution is -0.144. The van der Waals surface area contributed by atoms with Crippen LogP contribution < -0.4 is 0 Å². The highest BCUT2D eigenvalue weighted by Gasteiger charge is 2.39. The van der Waals surface area contributed by atoms with Gasteiger partial charge in [-0.3, -0.25) is 4.79 Å². The zero-order valence-corrected chi connectivity index (χ0v) is 13.0. The highest BCUT2D eigenvalue weighted by atomic mass is 79.9. The molecule has 1 aromatic carbocycles. The Morgan fingerprint density at radius 1 is 1.47 bits per heavy atom. The van der Waals surface area contributed by atoms with Gasteiger partial charge < -0.3 is 10.0 Å². The fourth-order valence-electron chi connectivity index (χ4n) is 2.61. The Balaban J connectivity index is 2.14. The first-order valence-electron chi connectivity index (χ1n) is 6.65. The third kappa shape index (κ3) is 3.00. The highest BCUT2D eigenvalue weighted by Crippen LogP contribution is 2.29. The van der Waals surface area contributed by atoms with Crippen molar-refractivity contribution in [2.75, 3.05) is 6.54 Å². The molecule has 1 aliphatic rings. The number of aliphatic hydroxyl groups excluding tert-OH is 1. The summed E-state index contributed by atoms with van der Waals surface area (Å²) in [6, 6.07) is 7.77. The van der Waals surface area contributed by atoms with E-state index >= 15 is 0 Å². The van der Waals surface area contributed by atoms with Crippen LogP contribution in [0.1, 0.15) is 32.3 Å². The predicted octanol–water partition coefficient (Wildman–Crippen LogP) is 2.75. The fourth-order valence-corrected chi connectivity index (χ4v) is 3.04. The monoisotopic (exact) mass is 325 g/mol. The molecule has 1 aromatic rings. The fraction of sp³-hybridized carbons (Fsp3) is 0.533. The minimum atomic E-state index is -0.476. The van der Waals surface area contributed by atoms with Crippen LogP contribution in [0.2, 0.25) is 0 Å². The second-order valence-corrected chi connectivity index (χ2v) is 6.48. The van der Waals surface area contributed by atoms with Crippen molar-refractivity contribution in [1.82, 2.24) is 4.90 Å². The molecule has 0 aromatic heterocycles. The second kappa shape index (κ2) is 5.63. The lowest BCUT2D eigenvalue weighted by Gasteiger charge is -2.46. The number of hydrogen-bond acceptors (Lipinski definition) is 2. The number of piperidine rings is 1. The van der Waals surface area contributed by atoms with Crippen molar-refractivity contribution in [2.24, 2.45) is 0 Å². The first-order chi connectivity index (χ1) is 8.93. The van der Waals surface area contributed by atoms with Crippen LogP contribution in [-0.4, -0.2) is 34.1 Å². The van der Waals surface area contributed by atoms with Gasteiger partial charge in [-0.15, -0.1) is 0 Å². The summed E-state index contributed by atoms with van der Waals surface area (Å²) in [7, 11) is 0. The largest absolute Gasteiger partial charge is 0.391 e. The summed E-state index contributed by atoms with van der Waals surface area (Å²) in [4.78, 5) is 14.3. The minimum absolute atomic E-state index is 0.0793. The number of rotatable bonds is 2. The summed E-state index contributed by atoms with van der Waals surface area (Å²) in [6.07, 6.45) is 1.57. The molecule has 3 nitrogen and oxygen atoms in total. The average Bonchev–Trinajstić information content (AvgIpc) is 2.35. The molecule has 0 radical (unpaired) electrons. The smallest absolute Gasteiger partial charge is 0.227 e. The lowest BCUT2D eigenvalue weighted by atomic mass is 9.87. The molecule has 104 valence electrons. The summed E-state index contributed by atoms with van der Waals surface area (Å²) in [6.45, 7) is 4.61. The number of halogens is 1. The summed E-state index contributed by atoms with van der Waals surface area (Å²) < 4.78 is 0.957. The van der Waals surface area contributed by atoms with Gasteiger partial charge in [0.1, 0.15) is 0 Å². The van der Waals surface area contributed by atoms with E-state index in [1.165, 1.54) is 0 Å². The van der Waals surface area contributed by atoms with Gasteiger partial charge in [-0.25, -0.2) is 0 Å². The van der Waals surface area contributed by atoms with Gasteiger partial charge in [0.05, 0.1) is 18.1 Å². The van der Waals surface area contributed by atoms with Gasteiger partial charge in [0.2, 0.25) is 5.91 Å². The number of likely N-dealkylation sites (tertiary alicyclic amines) is 1. The Labute approximate surface area is 122 Å². The number of benzene rings is 1. The number of hydrogen-bond donors (Lipinski definition) is 1. The molecule has 0 saturated carbocycles. The summed E-state index contributed by atoms with van der Waals surface area (Å²) in [5.74, 6) is 0.0793. The van der Waals surface area contributed by atoms with E-state index < -0.39 is 11.6 Å². The molecule has 1 atom stereocenters. The van der Waals surface area contributed by atoms with Crippen molar-refractivity contribution in [2.45, 2.75) is 44.8 Å². The second-order valence-electron chi connectivity index (χ2n) is 5.63. The molecule has 19 heavy (non-hydrogen) atoms. The number of amides is 1. The molecule has 1 fully saturated rings. The van der Waals surface area contributed by atoms with Crippen molar-refractivity contribution >= 4 is 21.8 Å². The van der Waals surface area contributed by atoms with E-state index in [1.54, 1.807) is 0 Å². The van der Waals surface area contributed by atoms with Crippen molar-refractivity contribution in [3.8, 4) is 0 Å². The van der Waals surface area contributed by atoms with Gasteiger partial charge in [-0.2, -0.15) is 0 Å². The van der Waals surface area contributed by atoms with Gasteiger partial charge in [-0.05, 0) is 38.3 Å². The van der Waals surface area contributed by atoms with E-state index in [1.807, 2.05) is 43.0 Å². The summed E-state index contributed by atoms with van der Waals surface area (Å²) in [5.41, 5.74) is 0.514. The average molecular weight is 326 g/mol. The van der Waals surface area contributed by atoms with E-state index in [9.17, 15) is 9.90 Å². The highest BCUT2D eigenvalue weighted by molar-refractivity contribution is 9.10. The molecule has 2 rings (SSSR count). The maximum Gasteiger partial charge on any atom is 0.227 e. The van der Waals surface area contributed by atoms with Crippen LogP contribution in [0.4, 0.5) is 0 Å². The molecule has 1 aliphatic heterocycles. The van der Waals surface area contributed by atoms with Gasteiger partial charge in [0, 0.05) is 11.0 Å². The van der Waals surface area contributed by atoms with Crippen LogP contribution in [0.15, 0.2) is 28.7 Å². The summed E-state index contributed by atoms with van der Waals surface area (Å²) in [5, 5.41) is 10.1. The standard InChI is InChI=1S/C15H20BrNO2/c1-15(2)13(18)8-5-9-17(15)14(19)10-11-6-3-4-7-12(11)16/h3-4,6-7,13,18H,5,8-10H2,1-2H3. The molecule has 1 saturated heterocycles. The first-order valence-corrected chi connectivity index (χ1v) is 7.44. The van der Waals surface area contributed by atoms with Gasteiger partial charge in [-0.1, -0.05) is 34.1 Å². The Bertz CT molecular complexity index is 473. The topological polar surface area (TPSA) is 40.5 Å². The molecule has 4 heteroatoms. The van der Waals surface area contributed by atoms with Crippen LogP contribution >= 0.6 is 15.9 Å². The molecular weight excluding hydrogens is 306 g/mol. The van der Waals surface area contributed by atoms with E-state index in [0.29, 0.717) is 6.42 Å². The third-order valence-electron chi connectivity index (χ3n) is 3.97. The number of carbonyl (C=O) groups excluding carboxylic acids is 1. The van der Waals surface area contributed by atoms with E-state index in [4.69, 9.17) is 0 Å². The quantitative estimate of drug-likeness (QED) is 0.908. The molecular formula is C15H20BrNO2. The molecule has 1 unspecified atom stereocenters. The van der Waals surface area contributed by atoms with Crippen molar-refractivity contribution in [3.63, 3.8) is 0 Å². The number of carbonyl (C=O) groups is 1. The molecule has 1 N–H and O–H groups in total. The van der Waals surface area contributed by atoms with Crippen molar-refractivity contribution in [1.29, 1.82) is 0 Å². The maximum absolute atomic E-state index is 12.5. The van der Waals surface area contributed by atoms with E-state index in [2.05, 4.69) is 15.9 Å². The minimum Gasteiger partial charge on any atom is -0.391 e. The predicted molar refractivity (Wildman–Crippen MR) is 78.9 cm³/mol. The van der Waals surface area contributed by atoms with E-state index in [-0.39, 0.29) is 5.91 Å². The van der Waals surface area contributed by atoms with Crippen LogP contribution in [-0.2, 0) is 11.2 Å². The van der Waals surface area contributed by atoms with Gasteiger partial charge in [0.15, 0.2) is 0 Å².